The second-order valence-corrected chi connectivity index (χ2v) is 4.22. The smallest absolute Gasteiger partial charge is 0.119 e. The van der Waals surface area contributed by atoms with Crippen LogP contribution in [0.2, 0.25) is 0 Å². The van der Waals surface area contributed by atoms with Crippen molar-refractivity contribution in [2.24, 2.45) is 5.92 Å². The van der Waals surface area contributed by atoms with E-state index in [-0.39, 0.29) is 18.1 Å². The minimum absolute atomic E-state index is 0. The van der Waals surface area contributed by atoms with Crippen molar-refractivity contribution in [1.29, 1.82) is 0 Å². The maximum absolute atomic E-state index is 5.77. The number of ether oxygens (including phenoxy) is 1. The van der Waals surface area contributed by atoms with Crippen LogP contribution in [0, 0.1) is 5.92 Å². The Labute approximate surface area is 86.8 Å². The SMILES string of the molecule is CC1(C2CCCCC2)NCCO1.Cl. The van der Waals surface area contributed by atoms with Crippen LogP contribution in [-0.2, 0) is 4.74 Å². The van der Waals surface area contributed by atoms with E-state index in [1.54, 1.807) is 0 Å². The lowest BCUT2D eigenvalue weighted by Crippen LogP contribution is -2.45. The molecule has 78 valence electrons. The van der Waals surface area contributed by atoms with Gasteiger partial charge in [0.15, 0.2) is 0 Å². The molecule has 0 bridgehead atoms. The van der Waals surface area contributed by atoms with Crippen LogP contribution in [0.25, 0.3) is 0 Å². The molecule has 2 fully saturated rings. The monoisotopic (exact) mass is 205 g/mol. The Morgan fingerprint density at radius 3 is 2.46 bits per heavy atom. The van der Waals surface area contributed by atoms with Crippen molar-refractivity contribution in [3.63, 3.8) is 0 Å². The molecule has 1 atom stereocenters. The largest absolute Gasteiger partial charge is 0.359 e. The van der Waals surface area contributed by atoms with E-state index in [0.29, 0.717) is 0 Å². The van der Waals surface area contributed by atoms with Crippen molar-refractivity contribution in [1.82, 2.24) is 5.32 Å². The molecule has 0 spiro atoms. The van der Waals surface area contributed by atoms with Crippen molar-refractivity contribution in [2.75, 3.05) is 13.2 Å². The molecule has 0 aromatic carbocycles. The topological polar surface area (TPSA) is 21.3 Å². The molecule has 2 aliphatic rings. The molecule has 13 heavy (non-hydrogen) atoms. The summed E-state index contributed by atoms with van der Waals surface area (Å²) < 4.78 is 5.77. The minimum Gasteiger partial charge on any atom is -0.359 e. The van der Waals surface area contributed by atoms with E-state index in [4.69, 9.17) is 4.74 Å². The molecule has 0 aromatic heterocycles. The zero-order valence-electron chi connectivity index (χ0n) is 8.34. The Kier molecular flexibility index (Phi) is 4.02. The van der Waals surface area contributed by atoms with Gasteiger partial charge in [0.25, 0.3) is 0 Å². The normalized spacial score (nSPS) is 35.8. The molecular weight excluding hydrogens is 186 g/mol. The average Bonchev–Trinajstić information content (AvgIpc) is 2.55. The molecule has 2 nitrogen and oxygen atoms in total. The van der Waals surface area contributed by atoms with Crippen LogP contribution < -0.4 is 5.32 Å². The van der Waals surface area contributed by atoms with Crippen LogP contribution >= 0.6 is 12.4 Å². The highest BCUT2D eigenvalue weighted by molar-refractivity contribution is 5.85. The van der Waals surface area contributed by atoms with Crippen LogP contribution in [0.5, 0.6) is 0 Å². The predicted molar refractivity (Wildman–Crippen MR) is 56.2 cm³/mol. The van der Waals surface area contributed by atoms with Crippen LogP contribution in [0.1, 0.15) is 39.0 Å². The van der Waals surface area contributed by atoms with E-state index in [1.165, 1.54) is 32.1 Å². The Hall–Kier alpha value is 0.210. The Morgan fingerprint density at radius 1 is 1.23 bits per heavy atom. The van der Waals surface area contributed by atoms with Gasteiger partial charge in [0, 0.05) is 12.5 Å². The highest BCUT2D eigenvalue weighted by Gasteiger charge is 2.38. The highest BCUT2D eigenvalue weighted by atomic mass is 35.5. The van der Waals surface area contributed by atoms with Gasteiger partial charge in [-0.3, -0.25) is 5.32 Å². The average molecular weight is 206 g/mol. The summed E-state index contributed by atoms with van der Waals surface area (Å²) in [7, 11) is 0. The van der Waals surface area contributed by atoms with E-state index < -0.39 is 0 Å². The van der Waals surface area contributed by atoms with Gasteiger partial charge in [0.05, 0.1) is 6.61 Å². The first-order chi connectivity index (χ1) is 5.81. The van der Waals surface area contributed by atoms with Gasteiger partial charge in [-0.25, -0.2) is 0 Å². The van der Waals surface area contributed by atoms with Crippen molar-refractivity contribution in [2.45, 2.75) is 44.8 Å². The maximum Gasteiger partial charge on any atom is 0.119 e. The zero-order chi connectivity index (χ0) is 8.44. The number of nitrogens with one attached hydrogen (secondary N) is 1. The predicted octanol–water partition coefficient (Wildman–Crippen LogP) is 2.32. The van der Waals surface area contributed by atoms with Crippen LogP contribution in [0.4, 0.5) is 0 Å². The molecule has 1 heterocycles. The summed E-state index contributed by atoms with van der Waals surface area (Å²) >= 11 is 0. The fourth-order valence-corrected chi connectivity index (χ4v) is 2.53. The summed E-state index contributed by atoms with van der Waals surface area (Å²) in [5, 5.41) is 3.48. The number of hydrogen-bond donors (Lipinski definition) is 1. The van der Waals surface area contributed by atoms with Gasteiger partial charge in [-0.1, -0.05) is 19.3 Å². The van der Waals surface area contributed by atoms with Crippen LogP contribution in [0.3, 0.4) is 0 Å². The van der Waals surface area contributed by atoms with E-state index in [9.17, 15) is 0 Å². The number of halogens is 1. The van der Waals surface area contributed by atoms with Gasteiger partial charge in [-0.05, 0) is 19.8 Å². The lowest BCUT2D eigenvalue weighted by molar-refractivity contribution is -0.0545. The third-order valence-corrected chi connectivity index (χ3v) is 3.36. The zero-order valence-corrected chi connectivity index (χ0v) is 9.16. The Morgan fingerprint density at radius 2 is 1.92 bits per heavy atom. The van der Waals surface area contributed by atoms with Gasteiger partial charge in [-0.2, -0.15) is 0 Å². The molecular formula is C10H20ClNO. The second kappa shape index (κ2) is 4.63. The fourth-order valence-electron chi connectivity index (χ4n) is 2.53. The van der Waals surface area contributed by atoms with Gasteiger partial charge in [-0.15, -0.1) is 12.4 Å². The van der Waals surface area contributed by atoms with Crippen LogP contribution in [-0.4, -0.2) is 18.9 Å². The molecule has 0 amide bonds. The van der Waals surface area contributed by atoms with Crippen molar-refractivity contribution in [3.05, 3.63) is 0 Å². The Bertz CT molecular complexity index is 151. The van der Waals surface area contributed by atoms with Gasteiger partial charge >= 0.3 is 0 Å². The molecule has 1 N–H and O–H groups in total. The molecule has 1 aliphatic carbocycles. The van der Waals surface area contributed by atoms with Crippen molar-refractivity contribution in [3.8, 4) is 0 Å². The van der Waals surface area contributed by atoms with E-state index in [2.05, 4.69) is 12.2 Å². The second-order valence-electron chi connectivity index (χ2n) is 4.22. The molecule has 0 aromatic rings. The molecule has 1 saturated carbocycles. The summed E-state index contributed by atoms with van der Waals surface area (Å²) in [6.07, 6.45) is 6.91. The third-order valence-electron chi connectivity index (χ3n) is 3.36. The number of hydrogen-bond acceptors (Lipinski definition) is 2. The molecule has 1 saturated heterocycles. The van der Waals surface area contributed by atoms with Gasteiger partial charge in [0.2, 0.25) is 0 Å². The van der Waals surface area contributed by atoms with E-state index in [1.807, 2.05) is 0 Å². The van der Waals surface area contributed by atoms with Crippen molar-refractivity contribution >= 4 is 12.4 Å². The summed E-state index contributed by atoms with van der Waals surface area (Å²) in [5.74, 6) is 0.758. The van der Waals surface area contributed by atoms with E-state index >= 15 is 0 Å². The third kappa shape index (κ3) is 2.36. The summed E-state index contributed by atoms with van der Waals surface area (Å²) in [4.78, 5) is 0. The molecule has 0 radical (unpaired) electrons. The maximum atomic E-state index is 5.77. The van der Waals surface area contributed by atoms with Crippen molar-refractivity contribution < 1.29 is 4.74 Å². The first kappa shape index (κ1) is 11.3. The summed E-state index contributed by atoms with van der Waals surface area (Å²) in [6.45, 7) is 4.15. The lowest BCUT2D eigenvalue weighted by atomic mass is 9.82. The fraction of sp³-hybridized carbons (Fsp3) is 1.00. The molecule has 2 rings (SSSR count). The van der Waals surface area contributed by atoms with Gasteiger partial charge in [0.1, 0.15) is 5.72 Å². The van der Waals surface area contributed by atoms with Gasteiger partial charge < -0.3 is 4.74 Å². The first-order valence-electron chi connectivity index (χ1n) is 5.20. The highest BCUT2D eigenvalue weighted by Crippen LogP contribution is 2.34. The summed E-state index contributed by atoms with van der Waals surface area (Å²) in [6, 6.07) is 0. The summed E-state index contributed by atoms with van der Waals surface area (Å²) in [5.41, 5.74) is 0.0143. The first-order valence-corrected chi connectivity index (χ1v) is 5.20. The standard InChI is InChI=1S/C10H19NO.ClH/c1-10(11-7-8-12-10)9-5-3-2-4-6-9;/h9,11H,2-8H2,1H3;1H. The molecule has 1 aliphatic heterocycles. The lowest BCUT2D eigenvalue weighted by Gasteiger charge is -2.35. The van der Waals surface area contributed by atoms with Crippen LogP contribution in [0.15, 0.2) is 0 Å². The Balaban J connectivity index is 0.000000845. The number of rotatable bonds is 1. The quantitative estimate of drug-likeness (QED) is 0.710. The minimum atomic E-state index is 0. The molecule has 1 unspecified atom stereocenters. The molecule has 3 heteroatoms. The van der Waals surface area contributed by atoms with E-state index in [0.717, 1.165) is 19.1 Å².